The zero-order valence-electron chi connectivity index (χ0n) is 10.1. The van der Waals surface area contributed by atoms with E-state index >= 15 is 0 Å². The topological polar surface area (TPSA) is 70.8 Å². The van der Waals surface area contributed by atoms with Crippen molar-refractivity contribution < 1.29 is 27.9 Å². The number of carboxylic acid groups (broad SMARTS) is 1. The van der Waals surface area contributed by atoms with Gasteiger partial charge in [-0.2, -0.15) is 8.78 Å². The summed E-state index contributed by atoms with van der Waals surface area (Å²) in [6.45, 7) is 1.42. The van der Waals surface area contributed by atoms with E-state index in [0.29, 0.717) is 11.8 Å². The highest BCUT2D eigenvalue weighted by Crippen LogP contribution is 2.21. The first kappa shape index (κ1) is 15.5. The smallest absolute Gasteiger partial charge is 0.323 e. The number of nitrogens with zero attached hydrogens (tertiary/aromatic N) is 1. The monoisotopic (exact) mass is 293 g/mol. The molecule has 1 amide bonds. The Hall–Kier alpha value is -1.57. The first-order chi connectivity index (χ1) is 8.93. The van der Waals surface area contributed by atoms with Crippen LogP contribution in [0.5, 0.6) is 0 Å². The van der Waals surface area contributed by atoms with Crippen LogP contribution in [0.4, 0.5) is 8.78 Å². The highest BCUT2D eigenvalue weighted by molar-refractivity contribution is 7.98. The lowest BCUT2D eigenvalue weighted by molar-refractivity contribution is -0.137. The van der Waals surface area contributed by atoms with Crippen LogP contribution in [0.1, 0.15) is 23.2 Å². The normalized spacial score (nSPS) is 10.7. The number of hydrogen-bond donors (Lipinski definition) is 1. The maximum absolute atomic E-state index is 12.0. The fraction of sp³-hybridized carbons (Fsp3) is 0.455. The number of thioether (sulfide) groups is 1. The molecule has 1 N–H and O–H groups in total. The van der Waals surface area contributed by atoms with Gasteiger partial charge in [-0.1, -0.05) is 11.8 Å². The van der Waals surface area contributed by atoms with Gasteiger partial charge in [-0.3, -0.25) is 9.59 Å². The van der Waals surface area contributed by atoms with Crippen molar-refractivity contribution >= 4 is 23.6 Å². The van der Waals surface area contributed by atoms with Gasteiger partial charge in [0.1, 0.15) is 12.3 Å². The first-order valence-electron chi connectivity index (χ1n) is 5.43. The van der Waals surface area contributed by atoms with Crippen LogP contribution in [-0.2, 0) is 10.5 Å². The Morgan fingerprint density at radius 2 is 2.16 bits per heavy atom. The highest BCUT2D eigenvalue weighted by atomic mass is 32.2. The lowest BCUT2D eigenvalue weighted by Gasteiger charge is -2.16. The molecule has 0 atom stereocenters. The second kappa shape index (κ2) is 7.13. The lowest BCUT2D eigenvalue weighted by Crippen LogP contribution is -2.35. The van der Waals surface area contributed by atoms with Crippen molar-refractivity contribution in [1.82, 2.24) is 4.90 Å². The largest absolute Gasteiger partial charge is 0.480 e. The summed E-state index contributed by atoms with van der Waals surface area (Å²) in [6.07, 6.45) is 0. The molecule has 0 saturated carbocycles. The molecule has 1 rings (SSSR count). The summed E-state index contributed by atoms with van der Waals surface area (Å²) in [7, 11) is 0. The van der Waals surface area contributed by atoms with Gasteiger partial charge in [0.05, 0.1) is 5.75 Å². The van der Waals surface area contributed by atoms with E-state index in [0.717, 1.165) is 4.90 Å². The Labute approximate surface area is 112 Å². The van der Waals surface area contributed by atoms with E-state index in [-0.39, 0.29) is 23.8 Å². The van der Waals surface area contributed by atoms with Crippen LogP contribution in [0, 0.1) is 0 Å². The van der Waals surface area contributed by atoms with Gasteiger partial charge in [0.15, 0.2) is 5.76 Å². The molecule has 8 heteroatoms. The summed E-state index contributed by atoms with van der Waals surface area (Å²) in [6, 6.07) is 2.78. The number of furan rings is 1. The number of carbonyl (C=O) groups excluding carboxylic acids is 1. The average Bonchev–Trinajstić information content (AvgIpc) is 2.81. The molecular formula is C11H13F2NO4S. The number of likely N-dealkylation sites (N-methyl/N-ethyl adjacent to an activating group) is 1. The molecule has 1 aromatic heterocycles. The third-order valence-corrected chi connectivity index (χ3v) is 2.92. The Kier molecular flexibility index (Phi) is 5.81. The predicted molar refractivity (Wildman–Crippen MR) is 65.2 cm³/mol. The molecule has 106 valence electrons. The van der Waals surface area contributed by atoms with E-state index in [1.807, 2.05) is 0 Å². The van der Waals surface area contributed by atoms with Gasteiger partial charge in [0.2, 0.25) is 0 Å². The van der Waals surface area contributed by atoms with Gasteiger partial charge >= 0.3 is 5.97 Å². The van der Waals surface area contributed by atoms with Crippen LogP contribution >= 0.6 is 11.8 Å². The third kappa shape index (κ3) is 4.90. The van der Waals surface area contributed by atoms with E-state index in [4.69, 9.17) is 9.52 Å². The van der Waals surface area contributed by atoms with Crippen LogP contribution in [0.25, 0.3) is 0 Å². The summed E-state index contributed by atoms with van der Waals surface area (Å²) in [5, 5.41) is 8.65. The average molecular weight is 293 g/mol. The van der Waals surface area contributed by atoms with Gasteiger partial charge in [0.25, 0.3) is 11.7 Å². The quantitative estimate of drug-likeness (QED) is 0.835. The molecule has 0 fully saturated rings. The van der Waals surface area contributed by atoms with Crippen molar-refractivity contribution in [2.24, 2.45) is 0 Å². The number of hydrogen-bond acceptors (Lipinski definition) is 4. The van der Waals surface area contributed by atoms with Crippen molar-refractivity contribution in [3.05, 3.63) is 23.7 Å². The van der Waals surface area contributed by atoms with E-state index in [1.54, 1.807) is 6.92 Å². The number of halogens is 2. The number of amides is 1. The minimum absolute atomic E-state index is 0.0456. The number of alkyl halides is 2. The van der Waals surface area contributed by atoms with E-state index in [1.165, 1.54) is 12.1 Å². The molecule has 1 heterocycles. The highest BCUT2D eigenvalue weighted by Gasteiger charge is 2.20. The van der Waals surface area contributed by atoms with Gasteiger partial charge in [-0.05, 0) is 19.1 Å². The molecule has 1 aromatic rings. The third-order valence-electron chi connectivity index (χ3n) is 2.22. The van der Waals surface area contributed by atoms with E-state index < -0.39 is 24.2 Å². The molecule has 0 radical (unpaired) electrons. The van der Waals surface area contributed by atoms with Crippen molar-refractivity contribution in [2.75, 3.05) is 13.1 Å². The van der Waals surface area contributed by atoms with Crippen LogP contribution in [-0.4, -0.2) is 40.7 Å². The number of carboxylic acids is 1. The second-order valence-corrected chi connectivity index (χ2v) is 4.53. The van der Waals surface area contributed by atoms with E-state index in [2.05, 4.69) is 0 Å². The molecule has 0 saturated heterocycles. The molecular weight excluding hydrogens is 280 g/mol. The van der Waals surface area contributed by atoms with Crippen molar-refractivity contribution in [3.8, 4) is 0 Å². The summed E-state index contributed by atoms with van der Waals surface area (Å²) >= 11 is 0.388. The molecule has 0 aliphatic heterocycles. The van der Waals surface area contributed by atoms with Crippen molar-refractivity contribution in [3.63, 3.8) is 0 Å². The number of carbonyl (C=O) groups is 2. The first-order valence-corrected chi connectivity index (χ1v) is 6.48. The molecule has 0 unspecified atom stereocenters. The minimum atomic E-state index is -2.51. The second-order valence-electron chi connectivity index (χ2n) is 3.55. The molecule has 0 bridgehead atoms. The fourth-order valence-corrected chi connectivity index (χ4v) is 1.81. The SMILES string of the molecule is CCN(CC(=O)O)C(=O)c1ccc(CSC(F)F)o1. The molecule has 0 aliphatic rings. The maximum Gasteiger partial charge on any atom is 0.323 e. The summed E-state index contributed by atoms with van der Waals surface area (Å²) < 4.78 is 29.1. The molecule has 0 aromatic carbocycles. The van der Waals surface area contributed by atoms with Crippen molar-refractivity contribution in [1.29, 1.82) is 0 Å². The summed E-state index contributed by atoms with van der Waals surface area (Å²) in [5.74, 6) is -4.06. The summed E-state index contributed by atoms with van der Waals surface area (Å²) in [4.78, 5) is 23.5. The van der Waals surface area contributed by atoms with Crippen LogP contribution in [0.2, 0.25) is 0 Å². The van der Waals surface area contributed by atoms with Crippen molar-refractivity contribution in [2.45, 2.75) is 18.4 Å². The Morgan fingerprint density at radius 1 is 1.47 bits per heavy atom. The molecule has 0 aliphatic carbocycles. The molecule has 19 heavy (non-hydrogen) atoms. The number of aliphatic carboxylic acids is 1. The van der Waals surface area contributed by atoms with Gasteiger partial charge < -0.3 is 14.4 Å². The minimum Gasteiger partial charge on any atom is -0.480 e. The van der Waals surface area contributed by atoms with Crippen LogP contribution < -0.4 is 0 Å². The Bertz CT molecular complexity index is 450. The Morgan fingerprint density at radius 3 is 2.68 bits per heavy atom. The zero-order valence-corrected chi connectivity index (χ0v) is 11.0. The van der Waals surface area contributed by atoms with Gasteiger partial charge in [0, 0.05) is 6.54 Å². The lowest BCUT2D eigenvalue weighted by atomic mass is 10.3. The molecule has 0 spiro atoms. The predicted octanol–water partition coefficient (Wildman–Crippen LogP) is 2.28. The number of rotatable bonds is 7. The molecule has 5 nitrogen and oxygen atoms in total. The van der Waals surface area contributed by atoms with Crippen LogP contribution in [0.15, 0.2) is 16.5 Å². The Balaban J connectivity index is 2.68. The van der Waals surface area contributed by atoms with Crippen LogP contribution in [0.3, 0.4) is 0 Å². The fourth-order valence-electron chi connectivity index (χ4n) is 1.36. The maximum atomic E-state index is 12.0. The zero-order chi connectivity index (χ0) is 14.4. The van der Waals surface area contributed by atoms with E-state index in [9.17, 15) is 18.4 Å². The van der Waals surface area contributed by atoms with Gasteiger partial charge in [-0.25, -0.2) is 0 Å². The van der Waals surface area contributed by atoms with Gasteiger partial charge in [-0.15, -0.1) is 0 Å². The standard InChI is InChI=1S/C11H13F2NO4S/c1-2-14(5-9(15)16)10(17)8-4-3-7(18-8)6-19-11(12)13/h3-4,11H,2,5-6H2,1H3,(H,15,16). The summed E-state index contributed by atoms with van der Waals surface area (Å²) in [5.41, 5.74) is 0.